The van der Waals surface area contributed by atoms with Crippen molar-refractivity contribution in [1.82, 2.24) is 10.2 Å². The van der Waals surface area contributed by atoms with Crippen LogP contribution in [0.5, 0.6) is 0 Å². The summed E-state index contributed by atoms with van der Waals surface area (Å²) in [6.07, 6.45) is -3.39. The number of carbonyl (C=O) groups excluding carboxylic acids is 1. The Balaban J connectivity index is 1.50. The number of amides is 2. The molecular weight excluding hydrogens is 374 g/mol. The Hall–Kier alpha value is -2.61. The number of carbonyl (C=O) groups is 1. The molecular formula is C20H21F4N3O. The molecule has 1 heterocycles. The lowest BCUT2D eigenvalue weighted by Gasteiger charge is -2.32. The van der Waals surface area contributed by atoms with Gasteiger partial charge in [-0.1, -0.05) is 36.4 Å². The molecule has 0 saturated carbocycles. The smallest absolute Gasteiger partial charge is 0.335 e. The summed E-state index contributed by atoms with van der Waals surface area (Å²) in [5.74, 6) is -1.48. The highest BCUT2D eigenvalue weighted by atomic mass is 19.4. The van der Waals surface area contributed by atoms with E-state index in [1.807, 2.05) is 18.2 Å². The fourth-order valence-corrected chi connectivity index (χ4v) is 3.27. The van der Waals surface area contributed by atoms with Gasteiger partial charge in [-0.25, -0.2) is 9.18 Å². The van der Waals surface area contributed by atoms with Crippen LogP contribution < -0.4 is 10.6 Å². The van der Waals surface area contributed by atoms with Crippen molar-refractivity contribution in [2.24, 2.45) is 0 Å². The molecule has 2 aromatic rings. The second-order valence-electron chi connectivity index (χ2n) is 6.80. The third kappa shape index (κ3) is 5.22. The van der Waals surface area contributed by atoms with Crippen molar-refractivity contribution in [2.45, 2.75) is 31.6 Å². The average molecular weight is 395 g/mol. The molecule has 150 valence electrons. The molecule has 0 unspecified atom stereocenters. The van der Waals surface area contributed by atoms with Crippen molar-refractivity contribution in [3.05, 3.63) is 65.5 Å². The van der Waals surface area contributed by atoms with Gasteiger partial charge in [0.2, 0.25) is 0 Å². The van der Waals surface area contributed by atoms with Gasteiger partial charge in [0.15, 0.2) is 5.82 Å². The molecule has 1 saturated heterocycles. The second-order valence-corrected chi connectivity index (χ2v) is 6.80. The van der Waals surface area contributed by atoms with Gasteiger partial charge in [0.05, 0.1) is 11.3 Å². The summed E-state index contributed by atoms with van der Waals surface area (Å²) in [5.41, 5.74) is -0.681. The SMILES string of the molecule is O=C(Nc1cccc(C(F)(F)F)c1F)NC1CCN(Cc2ccccc2)CC1. The molecule has 3 rings (SSSR count). The van der Waals surface area contributed by atoms with Crippen LogP contribution in [-0.4, -0.2) is 30.1 Å². The van der Waals surface area contributed by atoms with E-state index < -0.39 is 29.3 Å². The third-order valence-corrected chi connectivity index (χ3v) is 4.72. The standard InChI is InChI=1S/C20H21F4N3O/c21-18-16(20(22,23)24)7-4-8-17(18)26-19(28)25-15-9-11-27(12-10-15)13-14-5-2-1-3-6-14/h1-8,15H,9-13H2,(H2,25,26,28). The molecule has 1 aliphatic heterocycles. The van der Waals surface area contributed by atoms with Crippen LogP contribution in [0.1, 0.15) is 24.0 Å². The van der Waals surface area contributed by atoms with Gasteiger partial charge in [0.25, 0.3) is 0 Å². The molecule has 2 N–H and O–H groups in total. The highest BCUT2D eigenvalue weighted by Crippen LogP contribution is 2.33. The summed E-state index contributed by atoms with van der Waals surface area (Å²) in [6.45, 7) is 2.41. The van der Waals surface area contributed by atoms with Gasteiger partial charge in [-0.3, -0.25) is 4.90 Å². The van der Waals surface area contributed by atoms with E-state index in [4.69, 9.17) is 0 Å². The summed E-state index contributed by atoms with van der Waals surface area (Å²) in [7, 11) is 0. The Morgan fingerprint density at radius 1 is 1.04 bits per heavy atom. The average Bonchev–Trinajstić information content (AvgIpc) is 2.65. The third-order valence-electron chi connectivity index (χ3n) is 4.72. The molecule has 1 fully saturated rings. The van der Waals surface area contributed by atoms with Crippen LogP contribution >= 0.6 is 0 Å². The second kappa shape index (κ2) is 8.60. The predicted molar refractivity (Wildman–Crippen MR) is 98.3 cm³/mol. The van der Waals surface area contributed by atoms with Gasteiger partial charge in [0.1, 0.15) is 0 Å². The van der Waals surface area contributed by atoms with E-state index >= 15 is 0 Å². The number of halogens is 4. The van der Waals surface area contributed by atoms with Crippen LogP contribution in [0.4, 0.5) is 28.0 Å². The highest BCUT2D eigenvalue weighted by molar-refractivity contribution is 5.89. The maximum atomic E-state index is 14.0. The summed E-state index contributed by atoms with van der Waals surface area (Å²) in [5, 5.41) is 4.89. The number of benzene rings is 2. The fraction of sp³-hybridized carbons (Fsp3) is 0.350. The predicted octanol–water partition coefficient (Wildman–Crippen LogP) is 4.63. The molecule has 0 atom stereocenters. The minimum atomic E-state index is -4.82. The zero-order valence-electron chi connectivity index (χ0n) is 15.1. The van der Waals surface area contributed by atoms with E-state index in [-0.39, 0.29) is 6.04 Å². The van der Waals surface area contributed by atoms with E-state index in [9.17, 15) is 22.4 Å². The first-order valence-corrected chi connectivity index (χ1v) is 9.02. The van der Waals surface area contributed by atoms with Gasteiger partial charge in [0, 0.05) is 25.7 Å². The first-order valence-electron chi connectivity index (χ1n) is 9.02. The molecule has 28 heavy (non-hydrogen) atoms. The minimum Gasteiger partial charge on any atom is -0.335 e. The van der Waals surface area contributed by atoms with Crippen LogP contribution in [0.15, 0.2) is 48.5 Å². The molecule has 0 radical (unpaired) electrons. The number of anilines is 1. The van der Waals surface area contributed by atoms with Crippen LogP contribution in [0, 0.1) is 5.82 Å². The highest BCUT2D eigenvalue weighted by Gasteiger charge is 2.35. The number of nitrogens with one attached hydrogen (secondary N) is 2. The topological polar surface area (TPSA) is 44.4 Å². The number of alkyl halides is 3. The maximum absolute atomic E-state index is 14.0. The molecule has 4 nitrogen and oxygen atoms in total. The largest absolute Gasteiger partial charge is 0.419 e. The van der Waals surface area contributed by atoms with Crippen molar-refractivity contribution >= 4 is 11.7 Å². The normalized spacial score (nSPS) is 16.0. The number of hydrogen-bond acceptors (Lipinski definition) is 2. The molecule has 0 aliphatic carbocycles. The molecule has 2 aromatic carbocycles. The Morgan fingerprint density at radius 3 is 2.36 bits per heavy atom. The Labute approximate surface area is 160 Å². The molecule has 0 spiro atoms. The van der Waals surface area contributed by atoms with E-state index in [2.05, 4.69) is 27.7 Å². The Kier molecular flexibility index (Phi) is 6.18. The molecule has 0 aromatic heterocycles. The molecule has 0 bridgehead atoms. The van der Waals surface area contributed by atoms with Crippen molar-refractivity contribution < 1.29 is 22.4 Å². The van der Waals surface area contributed by atoms with E-state index in [0.717, 1.165) is 31.8 Å². The number of likely N-dealkylation sites (tertiary alicyclic amines) is 1. The lowest BCUT2D eigenvalue weighted by Crippen LogP contribution is -2.45. The van der Waals surface area contributed by atoms with Crippen molar-refractivity contribution in [3.63, 3.8) is 0 Å². The lowest BCUT2D eigenvalue weighted by atomic mass is 10.0. The molecule has 8 heteroatoms. The zero-order chi connectivity index (χ0) is 20.1. The van der Waals surface area contributed by atoms with E-state index in [1.165, 1.54) is 5.56 Å². The monoisotopic (exact) mass is 395 g/mol. The molecule has 2 amide bonds. The summed E-state index contributed by atoms with van der Waals surface area (Å²) >= 11 is 0. The van der Waals surface area contributed by atoms with Crippen LogP contribution in [-0.2, 0) is 12.7 Å². The number of urea groups is 1. The Bertz CT molecular complexity index is 803. The Morgan fingerprint density at radius 2 is 1.71 bits per heavy atom. The van der Waals surface area contributed by atoms with Gasteiger partial charge >= 0.3 is 12.2 Å². The van der Waals surface area contributed by atoms with Gasteiger partial charge in [-0.15, -0.1) is 0 Å². The fourth-order valence-electron chi connectivity index (χ4n) is 3.27. The van der Waals surface area contributed by atoms with Crippen molar-refractivity contribution in [3.8, 4) is 0 Å². The van der Waals surface area contributed by atoms with Gasteiger partial charge in [-0.05, 0) is 30.5 Å². The van der Waals surface area contributed by atoms with Crippen LogP contribution in [0.25, 0.3) is 0 Å². The van der Waals surface area contributed by atoms with Crippen LogP contribution in [0.2, 0.25) is 0 Å². The maximum Gasteiger partial charge on any atom is 0.419 e. The van der Waals surface area contributed by atoms with Crippen molar-refractivity contribution in [1.29, 1.82) is 0 Å². The number of rotatable bonds is 4. The minimum absolute atomic E-state index is 0.110. The summed E-state index contributed by atoms with van der Waals surface area (Å²) in [4.78, 5) is 14.4. The van der Waals surface area contributed by atoms with E-state index in [1.54, 1.807) is 0 Å². The quantitative estimate of drug-likeness (QED) is 0.742. The lowest BCUT2D eigenvalue weighted by molar-refractivity contribution is -0.139. The van der Waals surface area contributed by atoms with Gasteiger partial charge < -0.3 is 10.6 Å². The number of hydrogen-bond donors (Lipinski definition) is 2. The number of nitrogens with zero attached hydrogens (tertiary/aromatic N) is 1. The summed E-state index contributed by atoms with van der Waals surface area (Å²) in [6, 6.07) is 12.0. The molecule has 1 aliphatic rings. The van der Waals surface area contributed by atoms with Gasteiger partial charge in [-0.2, -0.15) is 13.2 Å². The van der Waals surface area contributed by atoms with Crippen molar-refractivity contribution in [2.75, 3.05) is 18.4 Å². The van der Waals surface area contributed by atoms with Crippen LogP contribution in [0.3, 0.4) is 0 Å². The summed E-state index contributed by atoms with van der Waals surface area (Å²) < 4.78 is 52.3. The first kappa shape index (κ1) is 20.1. The zero-order valence-corrected chi connectivity index (χ0v) is 15.1. The number of piperidine rings is 1. The van der Waals surface area contributed by atoms with E-state index in [0.29, 0.717) is 18.9 Å². The first-order chi connectivity index (χ1) is 13.3.